The summed E-state index contributed by atoms with van der Waals surface area (Å²) in [5.41, 5.74) is 0.112. The maximum atomic E-state index is 5.26. The molecular formula is C6H13NOS. The Hall–Kier alpha value is 0.270. The van der Waals surface area contributed by atoms with E-state index in [9.17, 15) is 0 Å². The summed E-state index contributed by atoms with van der Waals surface area (Å²) in [4.78, 5) is 0. The lowest BCUT2D eigenvalue weighted by atomic mass is 10.1. The second-order valence-corrected chi connectivity index (χ2v) is 3.47. The van der Waals surface area contributed by atoms with Gasteiger partial charge in [-0.25, -0.2) is 4.31 Å². The van der Waals surface area contributed by atoms with Gasteiger partial charge in [-0.15, -0.1) is 0 Å². The number of ether oxygens (including phenoxy) is 1. The lowest BCUT2D eigenvalue weighted by Gasteiger charge is -2.37. The minimum Gasteiger partial charge on any atom is -0.378 e. The average Bonchev–Trinajstić information content (AvgIpc) is 1.77. The van der Waals surface area contributed by atoms with Gasteiger partial charge in [0, 0.05) is 12.1 Å². The van der Waals surface area contributed by atoms with Crippen LogP contribution in [0.15, 0.2) is 0 Å². The van der Waals surface area contributed by atoms with Gasteiger partial charge in [0.2, 0.25) is 0 Å². The van der Waals surface area contributed by atoms with E-state index in [0.29, 0.717) is 0 Å². The summed E-state index contributed by atoms with van der Waals surface area (Å²) in [6.07, 6.45) is 0. The van der Waals surface area contributed by atoms with Crippen LogP contribution < -0.4 is 0 Å². The molecule has 0 aromatic rings. The molecule has 1 heterocycles. The van der Waals surface area contributed by atoms with Crippen molar-refractivity contribution in [2.75, 3.05) is 19.8 Å². The minimum atomic E-state index is 0.112. The number of nitrogens with zero attached hydrogens (tertiary/aromatic N) is 1. The lowest BCUT2D eigenvalue weighted by molar-refractivity contribution is -0.00159. The monoisotopic (exact) mass is 147 g/mol. The fourth-order valence-corrected chi connectivity index (χ4v) is 0.990. The molecule has 1 rings (SSSR count). The maximum Gasteiger partial charge on any atom is 0.0654 e. The molecule has 0 unspecified atom stereocenters. The zero-order chi connectivity index (χ0) is 6.91. The molecule has 9 heavy (non-hydrogen) atoms. The third kappa shape index (κ3) is 1.60. The van der Waals surface area contributed by atoms with Crippen LogP contribution in [0.25, 0.3) is 0 Å². The maximum absolute atomic E-state index is 5.26. The van der Waals surface area contributed by atoms with Crippen LogP contribution in [0.4, 0.5) is 0 Å². The Bertz CT molecular complexity index is 105. The van der Waals surface area contributed by atoms with Gasteiger partial charge < -0.3 is 4.74 Å². The van der Waals surface area contributed by atoms with Gasteiger partial charge >= 0.3 is 0 Å². The number of hydrogen-bond donors (Lipinski definition) is 1. The lowest BCUT2D eigenvalue weighted by Crippen LogP contribution is -2.47. The zero-order valence-electron chi connectivity index (χ0n) is 5.92. The van der Waals surface area contributed by atoms with Gasteiger partial charge in [-0.2, -0.15) is 0 Å². The molecule has 54 valence electrons. The second-order valence-electron chi connectivity index (χ2n) is 2.99. The van der Waals surface area contributed by atoms with Crippen LogP contribution in [0.5, 0.6) is 0 Å². The fraction of sp³-hybridized carbons (Fsp3) is 1.00. The van der Waals surface area contributed by atoms with Gasteiger partial charge in [0.05, 0.1) is 13.2 Å². The minimum absolute atomic E-state index is 0.112. The van der Waals surface area contributed by atoms with Crippen molar-refractivity contribution in [3.8, 4) is 0 Å². The molecule has 0 spiro atoms. The van der Waals surface area contributed by atoms with E-state index >= 15 is 0 Å². The van der Waals surface area contributed by atoms with Gasteiger partial charge in [0.25, 0.3) is 0 Å². The van der Waals surface area contributed by atoms with Crippen molar-refractivity contribution in [3.63, 3.8) is 0 Å². The van der Waals surface area contributed by atoms with Crippen molar-refractivity contribution in [1.29, 1.82) is 0 Å². The first kappa shape index (κ1) is 7.38. The van der Waals surface area contributed by atoms with Crippen LogP contribution in [0.3, 0.4) is 0 Å². The van der Waals surface area contributed by atoms with Crippen LogP contribution in [0, 0.1) is 0 Å². The smallest absolute Gasteiger partial charge is 0.0654 e. The predicted octanol–water partition coefficient (Wildman–Crippen LogP) is 0.942. The highest BCUT2D eigenvalue weighted by molar-refractivity contribution is 7.77. The Balaban J connectivity index is 2.49. The van der Waals surface area contributed by atoms with Gasteiger partial charge in [-0.1, -0.05) is 12.8 Å². The molecule has 0 N–H and O–H groups in total. The van der Waals surface area contributed by atoms with E-state index < -0.39 is 0 Å². The highest BCUT2D eigenvalue weighted by Gasteiger charge is 2.27. The number of thiol groups is 1. The molecule has 1 fully saturated rings. The molecule has 0 aliphatic carbocycles. The average molecular weight is 147 g/mol. The first-order chi connectivity index (χ1) is 4.13. The Morgan fingerprint density at radius 2 is 2.22 bits per heavy atom. The SMILES string of the molecule is CC1(C)COCCN1S. The molecule has 0 aromatic heterocycles. The molecule has 3 heteroatoms. The van der Waals surface area contributed by atoms with Crippen molar-refractivity contribution < 1.29 is 4.74 Å². The first-order valence-electron chi connectivity index (χ1n) is 3.17. The second kappa shape index (κ2) is 2.48. The molecular weight excluding hydrogens is 134 g/mol. The highest BCUT2D eigenvalue weighted by Crippen LogP contribution is 2.19. The van der Waals surface area contributed by atoms with Crippen molar-refractivity contribution in [2.24, 2.45) is 0 Å². The van der Waals surface area contributed by atoms with Gasteiger partial charge in [-0.3, -0.25) is 0 Å². The van der Waals surface area contributed by atoms with Crippen LogP contribution in [-0.2, 0) is 4.74 Å². The Kier molecular flexibility index (Phi) is 2.03. The topological polar surface area (TPSA) is 12.5 Å². The third-order valence-electron chi connectivity index (χ3n) is 1.60. The zero-order valence-corrected chi connectivity index (χ0v) is 6.82. The summed E-state index contributed by atoms with van der Waals surface area (Å²) >= 11 is 4.30. The van der Waals surface area contributed by atoms with Crippen molar-refractivity contribution in [3.05, 3.63) is 0 Å². The molecule has 0 bridgehead atoms. The van der Waals surface area contributed by atoms with Crippen LogP contribution in [0.2, 0.25) is 0 Å². The molecule has 1 aliphatic rings. The van der Waals surface area contributed by atoms with Gasteiger partial charge in [0.1, 0.15) is 0 Å². The summed E-state index contributed by atoms with van der Waals surface area (Å²) < 4.78 is 7.29. The van der Waals surface area contributed by atoms with E-state index in [4.69, 9.17) is 4.74 Å². The molecule has 0 atom stereocenters. The van der Waals surface area contributed by atoms with E-state index in [1.54, 1.807) is 0 Å². The summed E-state index contributed by atoms with van der Waals surface area (Å²) in [5, 5.41) is 0. The summed E-state index contributed by atoms with van der Waals surface area (Å²) in [6, 6.07) is 0. The number of hydrogen-bond acceptors (Lipinski definition) is 3. The molecule has 0 amide bonds. The van der Waals surface area contributed by atoms with Crippen LogP contribution >= 0.6 is 12.8 Å². The van der Waals surface area contributed by atoms with E-state index in [-0.39, 0.29) is 5.54 Å². The Morgan fingerprint density at radius 3 is 2.56 bits per heavy atom. The van der Waals surface area contributed by atoms with Crippen molar-refractivity contribution in [1.82, 2.24) is 4.31 Å². The summed E-state index contributed by atoms with van der Waals surface area (Å²) in [5.74, 6) is 0. The van der Waals surface area contributed by atoms with E-state index in [1.165, 1.54) is 0 Å². The fourth-order valence-electron chi connectivity index (χ4n) is 0.850. The molecule has 1 aliphatic heterocycles. The molecule has 1 saturated heterocycles. The third-order valence-corrected chi connectivity index (χ3v) is 2.34. The first-order valence-corrected chi connectivity index (χ1v) is 3.57. The van der Waals surface area contributed by atoms with Gasteiger partial charge in [-0.05, 0) is 13.8 Å². The van der Waals surface area contributed by atoms with E-state index in [0.717, 1.165) is 19.8 Å². The Morgan fingerprint density at radius 1 is 1.56 bits per heavy atom. The molecule has 0 aromatic carbocycles. The molecule has 2 nitrogen and oxygen atoms in total. The van der Waals surface area contributed by atoms with E-state index in [2.05, 4.69) is 26.7 Å². The van der Waals surface area contributed by atoms with Gasteiger partial charge in [0.15, 0.2) is 0 Å². The quantitative estimate of drug-likeness (QED) is 0.512. The van der Waals surface area contributed by atoms with Crippen LogP contribution in [0.1, 0.15) is 13.8 Å². The normalized spacial score (nSPS) is 28.3. The Labute approximate surface area is 61.7 Å². The van der Waals surface area contributed by atoms with Crippen molar-refractivity contribution in [2.45, 2.75) is 19.4 Å². The molecule has 0 radical (unpaired) electrons. The number of morpholine rings is 1. The molecule has 0 saturated carbocycles. The highest BCUT2D eigenvalue weighted by atomic mass is 32.1. The largest absolute Gasteiger partial charge is 0.378 e. The standard InChI is InChI=1S/C6H13NOS/c1-6(2)5-8-4-3-7(6)9/h9H,3-5H2,1-2H3. The van der Waals surface area contributed by atoms with E-state index in [1.807, 2.05) is 4.31 Å². The predicted molar refractivity (Wildman–Crippen MR) is 40.6 cm³/mol. The summed E-state index contributed by atoms with van der Waals surface area (Å²) in [6.45, 7) is 6.78. The van der Waals surface area contributed by atoms with Crippen LogP contribution in [-0.4, -0.2) is 29.6 Å². The van der Waals surface area contributed by atoms with Crippen molar-refractivity contribution >= 4 is 12.8 Å². The number of rotatable bonds is 0. The summed E-state index contributed by atoms with van der Waals surface area (Å²) in [7, 11) is 0.